The molecule has 2 aliphatic rings. The van der Waals surface area contributed by atoms with Crippen molar-refractivity contribution in [1.29, 1.82) is 0 Å². The van der Waals surface area contributed by atoms with Crippen molar-refractivity contribution in [3.8, 4) is 11.1 Å². The average molecular weight is 470 g/mol. The maximum Gasteiger partial charge on any atom is 0.397 e. The van der Waals surface area contributed by atoms with Crippen molar-refractivity contribution in [2.45, 2.75) is 44.3 Å². The SMILES string of the molecule is CC1CN(c2nc(C3CC3)c(-c3cccc4cnccc34)cc2N)CCN1C(=O)CC(F)(F)F. The Kier molecular flexibility index (Phi) is 5.58. The smallest absolute Gasteiger partial charge is 0.396 e. The summed E-state index contributed by atoms with van der Waals surface area (Å²) in [7, 11) is 0. The van der Waals surface area contributed by atoms with Crippen LogP contribution in [0, 0.1) is 0 Å². The number of amides is 1. The lowest BCUT2D eigenvalue weighted by atomic mass is 9.96. The van der Waals surface area contributed by atoms with Crippen LogP contribution in [0.25, 0.3) is 21.9 Å². The molecule has 1 aromatic carbocycles. The molecule has 1 amide bonds. The molecule has 178 valence electrons. The number of hydrogen-bond acceptors (Lipinski definition) is 5. The Morgan fingerprint density at radius 1 is 1.18 bits per heavy atom. The lowest BCUT2D eigenvalue weighted by molar-refractivity contribution is -0.163. The Labute approximate surface area is 195 Å². The summed E-state index contributed by atoms with van der Waals surface area (Å²) in [5.74, 6) is 0.112. The van der Waals surface area contributed by atoms with Crippen LogP contribution < -0.4 is 10.6 Å². The molecule has 1 aliphatic carbocycles. The zero-order valence-electron chi connectivity index (χ0n) is 18.8. The third kappa shape index (κ3) is 4.38. The third-order valence-electron chi connectivity index (χ3n) is 6.59. The summed E-state index contributed by atoms with van der Waals surface area (Å²) in [6, 6.07) is 9.67. The van der Waals surface area contributed by atoms with E-state index in [9.17, 15) is 18.0 Å². The predicted molar refractivity (Wildman–Crippen MR) is 125 cm³/mol. The second-order valence-corrected chi connectivity index (χ2v) is 9.18. The number of anilines is 2. The van der Waals surface area contributed by atoms with E-state index >= 15 is 0 Å². The molecular weight excluding hydrogens is 443 g/mol. The van der Waals surface area contributed by atoms with Crippen LogP contribution in [0.5, 0.6) is 0 Å². The van der Waals surface area contributed by atoms with Gasteiger partial charge in [-0.3, -0.25) is 9.78 Å². The molecule has 3 aromatic rings. The standard InChI is InChI=1S/C25H26F3N5O/c1-15-14-32(9-10-33(15)22(34)12-25(26,27)28)24-21(29)11-20(23(31-24)16-5-6-16)19-4-2-3-17-13-30-8-7-18(17)19/h2-4,7-8,11,13,15-16H,5-6,9-10,12,14,29H2,1H3. The van der Waals surface area contributed by atoms with E-state index in [1.807, 2.05) is 35.4 Å². The fourth-order valence-electron chi connectivity index (χ4n) is 4.82. The van der Waals surface area contributed by atoms with Crippen molar-refractivity contribution in [2.24, 2.45) is 0 Å². The first kappa shape index (κ1) is 22.4. The molecule has 0 bridgehead atoms. The molecule has 0 radical (unpaired) electrons. The third-order valence-corrected chi connectivity index (χ3v) is 6.59. The second kappa shape index (κ2) is 8.45. The second-order valence-electron chi connectivity index (χ2n) is 9.18. The van der Waals surface area contributed by atoms with Gasteiger partial charge in [0.2, 0.25) is 5.91 Å². The number of rotatable bonds is 4. The monoisotopic (exact) mass is 469 g/mol. The van der Waals surface area contributed by atoms with Crippen LogP contribution in [-0.4, -0.2) is 52.6 Å². The normalized spacial score (nSPS) is 19.0. The van der Waals surface area contributed by atoms with Gasteiger partial charge in [0.1, 0.15) is 6.42 Å². The number of halogens is 3. The topological polar surface area (TPSA) is 75.4 Å². The number of benzene rings is 1. The molecule has 1 saturated carbocycles. The van der Waals surface area contributed by atoms with Crippen LogP contribution in [0.15, 0.2) is 42.7 Å². The van der Waals surface area contributed by atoms with Crippen molar-refractivity contribution in [3.05, 3.63) is 48.4 Å². The van der Waals surface area contributed by atoms with Gasteiger partial charge in [0.15, 0.2) is 5.82 Å². The fraction of sp³-hybridized carbons (Fsp3) is 0.400. The van der Waals surface area contributed by atoms with Gasteiger partial charge in [0.25, 0.3) is 0 Å². The molecule has 1 atom stereocenters. The number of nitrogens with two attached hydrogens (primary N) is 1. The zero-order chi connectivity index (χ0) is 24.0. The van der Waals surface area contributed by atoms with E-state index in [0.29, 0.717) is 30.5 Å². The quantitative estimate of drug-likeness (QED) is 0.597. The molecule has 1 unspecified atom stereocenters. The van der Waals surface area contributed by atoms with Crippen LogP contribution in [0.2, 0.25) is 0 Å². The molecule has 34 heavy (non-hydrogen) atoms. The molecule has 2 aromatic heterocycles. The molecule has 6 nitrogen and oxygen atoms in total. The number of aromatic nitrogens is 2. The Bertz CT molecular complexity index is 1240. The lowest BCUT2D eigenvalue weighted by Crippen LogP contribution is -2.55. The van der Waals surface area contributed by atoms with Crippen LogP contribution in [0.3, 0.4) is 0 Å². The van der Waals surface area contributed by atoms with E-state index in [0.717, 1.165) is 40.4 Å². The number of nitrogen functional groups attached to an aromatic ring is 1. The largest absolute Gasteiger partial charge is 0.397 e. The lowest BCUT2D eigenvalue weighted by Gasteiger charge is -2.41. The minimum absolute atomic E-state index is 0.202. The van der Waals surface area contributed by atoms with Crippen LogP contribution in [0.1, 0.15) is 37.8 Å². The van der Waals surface area contributed by atoms with Gasteiger partial charge in [-0.2, -0.15) is 13.2 Å². The maximum absolute atomic E-state index is 12.7. The molecule has 9 heteroatoms. The van der Waals surface area contributed by atoms with E-state index in [2.05, 4.69) is 11.1 Å². The molecule has 1 saturated heterocycles. The van der Waals surface area contributed by atoms with Crippen molar-refractivity contribution in [1.82, 2.24) is 14.9 Å². The minimum Gasteiger partial charge on any atom is -0.396 e. The van der Waals surface area contributed by atoms with Gasteiger partial charge in [0, 0.05) is 54.9 Å². The summed E-state index contributed by atoms with van der Waals surface area (Å²) in [5.41, 5.74) is 10.1. The van der Waals surface area contributed by atoms with Gasteiger partial charge < -0.3 is 15.5 Å². The Balaban J connectivity index is 1.46. The van der Waals surface area contributed by atoms with Gasteiger partial charge in [0.05, 0.1) is 11.4 Å². The van der Waals surface area contributed by atoms with Crippen molar-refractivity contribution in [3.63, 3.8) is 0 Å². The molecule has 2 fully saturated rings. The first-order valence-electron chi connectivity index (χ1n) is 11.5. The van der Waals surface area contributed by atoms with Gasteiger partial charge in [-0.05, 0) is 42.8 Å². The molecule has 3 heterocycles. The highest BCUT2D eigenvalue weighted by atomic mass is 19.4. The van der Waals surface area contributed by atoms with Crippen LogP contribution in [-0.2, 0) is 4.79 Å². The van der Waals surface area contributed by atoms with Gasteiger partial charge in [-0.25, -0.2) is 4.98 Å². The van der Waals surface area contributed by atoms with E-state index < -0.39 is 18.5 Å². The highest BCUT2D eigenvalue weighted by molar-refractivity contribution is 5.97. The maximum atomic E-state index is 12.7. The van der Waals surface area contributed by atoms with Crippen LogP contribution in [0.4, 0.5) is 24.7 Å². The van der Waals surface area contributed by atoms with Crippen LogP contribution >= 0.6 is 0 Å². The van der Waals surface area contributed by atoms with Gasteiger partial charge in [-0.1, -0.05) is 18.2 Å². The van der Waals surface area contributed by atoms with E-state index in [-0.39, 0.29) is 12.6 Å². The number of pyridine rings is 2. The highest BCUT2D eigenvalue weighted by Gasteiger charge is 2.37. The zero-order valence-corrected chi connectivity index (χ0v) is 18.8. The Hall–Kier alpha value is -3.36. The van der Waals surface area contributed by atoms with Crippen molar-refractivity contribution >= 4 is 28.2 Å². The number of alkyl halides is 3. The number of carbonyl (C=O) groups excluding carboxylic acids is 1. The van der Waals surface area contributed by atoms with Gasteiger partial charge >= 0.3 is 6.18 Å². The summed E-state index contributed by atoms with van der Waals surface area (Å²) >= 11 is 0. The minimum atomic E-state index is -4.51. The molecule has 2 N–H and O–H groups in total. The predicted octanol–water partition coefficient (Wildman–Crippen LogP) is 4.75. The van der Waals surface area contributed by atoms with Gasteiger partial charge in [-0.15, -0.1) is 0 Å². The summed E-state index contributed by atoms with van der Waals surface area (Å²) in [5, 5.41) is 2.12. The summed E-state index contributed by atoms with van der Waals surface area (Å²) < 4.78 is 38.1. The molecule has 5 rings (SSSR count). The van der Waals surface area contributed by atoms with Crippen molar-refractivity contribution < 1.29 is 18.0 Å². The molecule has 0 spiro atoms. The first-order valence-corrected chi connectivity index (χ1v) is 11.5. The number of carbonyl (C=O) groups is 1. The van der Waals surface area contributed by atoms with E-state index in [4.69, 9.17) is 10.7 Å². The number of nitrogens with zero attached hydrogens (tertiary/aromatic N) is 4. The number of hydrogen-bond donors (Lipinski definition) is 1. The van der Waals surface area contributed by atoms with E-state index in [1.165, 1.54) is 4.90 Å². The van der Waals surface area contributed by atoms with E-state index in [1.54, 1.807) is 13.1 Å². The summed E-state index contributed by atoms with van der Waals surface area (Å²) in [6.45, 7) is 2.73. The molecular formula is C25H26F3N5O. The number of piperazine rings is 1. The summed E-state index contributed by atoms with van der Waals surface area (Å²) in [6.07, 6.45) is -0.209. The van der Waals surface area contributed by atoms with Crippen molar-refractivity contribution in [2.75, 3.05) is 30.3 Å². The average Bonchev–Trinajstić information content (AvgIpc) is 3.62. The Morgan fingerprint density at radius 2 is 1.97 bits per heavy atom. The highest BCUT2D eigenvalue weighted by Crippen LogP contribution is 2.46. The number of fused-ring (bicyclic) bond motifs is 1. The first-order chi connectivity index (χ1) is 16.2. The summed E-state index contributed by atoms with van der Waals surface area (Å²) in [4.78, 5) is 24.7. The fourth-order valence-corrected chi connectivity index (χ4v) is 4.82. The Morgan fingerprint density at radius 3 is 2.68 bits per heavy atom. The molecule has 1 aliphatic heterocycles.